The van der Waals surface area contributed by atoms with Crippen LogP contribution in [0.3, 0.4) is 0 Å². The molecule has 44 heavy (non-hydrogen) atoms. The molecule has 3 aromatic heterocycles. The Balaban J connectivity index is 1.70. The van der Waals surface area contributed by atoms with Crippen molar-refractivity contribution >= 4 is 27.5 Å². The number of benzene rings is 1. The number of carbonyl (C=O) groups is 1. The molecule has 1 saturated carbocycles. The maximum Gasteiger partial charge on any atom is 0.333 e. The molecule has 1 aromatic carbocycles. The molecule has 1 aliphatic rings. The summed E-state index contributed by atoms with van der Waals surface area (Å²) in [5, 5.41) is 0.239. The van der Waals surface area contributed by atoms with Crippen LogP contribution >= 0.6 is 11.3 Å². The summed E-state index contributed by atoms with van der Waals surface area (Å²) in [4.78, 5) is 47.2. The lowest BCUT2D eigenvalue weighted by Crippen LogP contribution is -2.54. The number of oxazole rings is 1. The fourth-order valence-corrected chi connectivity index (χ4v) is 6.72. The van der Waals surface area contributed by atoms with Crippen molar-refractivity contribution in [2.45, 2.75) is 103 Å². The van der Waals surface area contributed by atoms with E-state index >= 15 is 0 Å². The number of hydrogen-bond acceptors (Lipinski definition) is 8. The van der Waals surface area contributed by atoms with E-state index in [1.54, 1.807) is 27.7 Å². The van der Waals surface area contributed by atoms with E-state index in [1.807, 2.05) is 30.3 Å². The molecular weight excluding hydrogens is 592 g/mol. The Morgan fingerprint density at radius 3 is 2.39 bits per heavy atom. The number of aromatic nitrogens is 3. The number of alkyl halides is 2. The molecule has 4 aromatic rings. The van der Waals surface area contributed by atoms with Crippen molar-refractivity contribution in [3.63, 3.8) is 0 Å². The van der Waals surface area contributed by atoms with Crippen molar-refractivity contribution in [3.05, 3.63) is 74.8 Å². The summed E-state index contributed by atoms with van der Waals surface area (Å²) in [7, 11) is 0. The van der Waals surface area contributed by atoms with Crippen molar-refractivity contribution in [2.75, 3.05) is 0 Å². The monoisotopic (exact) mass is 629 g/mol. The lowest BCUT2D eigenvalue weighted by Gasteiger charge is -2.32. The van der Waals surface area contributed by atoms with E-state index in [0.717, 1.165) is 10.1 Å². The molecule has 3 heterocycles. The van der Waals surface area contributed by atoms with E-state index in [-0.39, 0.29) is 37.6 Å². The molecule has 1 aliphatic carbocycles. The Morgan fingerprint density at radius 2 is 1.80 bits per heavy atom. The van der Waals surface area contributed by atoms with Gasteiger partial charge in [-0.25, -0.2) is 27.9 Å². The first-order chi connectivity index (χ1) is 20.6. The molecule has 0 amide bonds. The number of thiophene rings is 1. The number of fused-ring (bicyclic) bond motifs is 1. The topological polar surface area (TPSA) is 106 Å². The van der Waals surface area contributed by atoms with E-state index in [9.17, 15) is 23.2 Å². The largest absolute Gasteiger partial charge is 0.458 e. The quantitative estimate of drug-likeness (QED) is 0.202. The van der Waals surface area contributed by atoms with Gasteiger partial charge in [0.15, 0.2) is 0 Å². The average Bonchev–Trinajstić information content (AvgIpc) is 3.59. The number of nitrogens with zero attached hydrogens (tertiary/aromatic N) is 3. The number of halogens is 2. The first-order valence-corrected chi connectivity index (χ1v) is 15.4. The van der Waals surface area contributed by atoms with Gasteiger partial charge in [-0.1, -0.05) is 30.3 Å². The van der Waals surface area contributed by atoms with Gasteiger partial charge in [-0.15, -0.1) is 11.3 Å². The van der Waals surface area contributed by atoms with Crippen molar-refractivity contribution < 1.29 is 27.5 Å². The zero-order valence-corrected chi connectivity index (χ0v) is 26.5. The molecule has 0 bridgehead atoms. The third-order valence-corrected chi connectivity index (χ3v) is 9.14. The summed E-state index contributed by atoms with van der Waals surface area (Å²) in [6, 6.07) is 9.22. The minimum Gasteiger partial charge on any atom is -0.458 e. The van der Waals surface area contributed by atoms with E-state index in [4.69, 9.17) is 13.9 Å². The molecule has 0 N–H and O–H groups in total. The minimum atomic E-state index is -2.72. The smallest absolute Gasteiger partial charge is 0.333 e. The van der Waals surface area contributed by atoms with Gasteiger partial charge in [-0.3, -0.25) is 9.36 Å². The van der Waals surface area contributed by atoms with Gasteiger partial charge in [0, 0.05) is 12.8 Å². The first kappa shape index (κ1) is 31.8. The zero-order valence-electron chi connectivity index (χ0n) is 25.7. The summed E-state index contributed by atoms with van der Waals surface area (Å²) in [5.41, 5.74) is -2.61. The third kappa shape index (κ3) is 6.28. The van der Waals surface area contributed by atoms with E-state index in [1.165, 1.54) is 42.2 Å². The number of aryl methyl sites for hydroxylation is 1. The standard InChI is InChI=1S/C32H37F2N3O6S/c1-19-23-26(38)37(31(5,6)28(39)43-30(2,3)4)29(40)36(27(23)44-24(19)25-35-16-17-41-25)18-22(20-10-8-7-9-11-20)42-21-12-14-32(33,34)15-13-21/h7-11,16-17,21-22H,12-15,18H2,1-6H3/t22-/m0/s1. The number of ether oxygens (including phenoxy) is 2. The van der Waals surface area contributed by atoms with Gasteiger partial charge in [0.2, 0.25) is 11.8 Å². The fraction of sp³-hybridized carbons (Fsp3) is 0.500. The summed E-state index contributed by atoms with van der Waals surface area (Å²) in [6.07, 6.45) is 1.56. The number of rotatable bonds is 8. The Hall–Kier alpha value is -3.64. The molecule has 1 atom stereocenters. The third-order valence-electron chi connectivity index (χ3n) is 7.84. The van der Waals surface area contributed by atoms with Crippen LogP contribution in [0.2, 0.25) is 0 Å². The highest BCUT2D eigenvalue weighted by molar-refractivity contribution is 7.22. The molecule has 9 nitrogen and oxygen atoms in total. The second-order valence-electron chi connectivity index (χ2n) is 12.8. The molecule has 0 radical (unpaired) electrons. The molecular formula is C32H37F2N3O6S. The number of hydrogen-bond donors (Lipinski definition) is 0. The number of esters is 1. The molecule has 0 aliphatic heterocycles. The van der Waals surface area contributed by atoms with Crippen molar-refractivity contribution in [3.8, 4) is 10.8 Å². The van der Waals surface area contributed by atoms with Gasteiger partial charge in [-0.2, -0.15) is 0 Å². The maximum absolute atomic E-state index is 14.4. The highest BCUT2D eigenvalue weighted by Gasteiger charge is 2.40. The van der Waals surface area contributed by atoms with Gasteiger partial charge in [-0.05, 0) is 65.5 Å². The molecule has 0 spiro atoms. The van der Waals surface area contributed by atoms with Crippen LogP contribution < -0.4 is 11.2 Å². The van der Waals surface area contributed by atoms with Gasteiger partial charge in [0.1, 0.15) is 28.3 Å². The molecule has 1 fully saturated rings. The van der Waals surface area contributed by atoms with Crippen molar-refractivity contribution in [1.82, 2.24) is 14.1 Å². The summed E-state index contributed by atoms with van der Waals surface area (Å²) in [5.74, 6) is -3.17. The molecule has 5 rings (SSSR count). The van der Waals surface area contributed by atoms with Crippen LogP contribution in [0.1, 0.15) is 77.5 Å². The molecule has 236 valence electrons. The molecule has 0 saturated heterocycles. The van der Waals surface area contributed by atoms with Gasteiger partial charge in [0.25, 0.3) is 5.56 Å². The lowest BCUT2D eigenvalue weighted by molar-refractivity contribution is -0.164. The van der Waals surface area contributed by atoms with Crippen molar-refractivity contribution in [1.29, 1.82) is 0 Å². The van der Waals surface area contributed by atoms with Crippen LogP contribution in [-0.4, -0.2) is 37.7 Å². The highest BCUT2D eigenvalue weighted by atomic mass is 32.1. The summed E-state index contributed by atoms with van der Waals surface area (Å²) in [6.45, 7) is 9.78. The van der Waals surface area contributed by atoms with Gasteiger partial charge in [0.05, 0.1) is 29.1 Å². The maximum atomic E-state index is 14.4. The van der Waals surface area contributed by atoms with Crippen molar-refractivity contribution in [2.24, 2.45) is 0 Å². The van der Waals surface area contributed by atoms with Gasteiger partial charge >= 0.3 is 11.7 Å². The van der Waals surface area contributed by atoms with Crippen LogP contribution in [0, 0.1) is 6.92 Å². The summed E-state index contributed by atoms with van der Waals surface area (Å²) >= 11 is 1.18. The van der Waals surface area contributed by atoms with Crippen LogP contribution in [0.25, 0.3) is 21.0 Å². The fourth-order valence-electron chi connectivity index (χ4n) is 5.48. The molecule has 0 unspecified atom stereocenters. The zero-order chi connectivity index (χ0) is 32.0. The predicted molar refractivity (Wildman–Crippen MR) is 163 cm³/mol. The van der Waals surface area contributed by atoms with E-state index in [0.29, 0.717) is 21.2 Å². The average molecular weight is 630 g/mol. The van der Waals surface area contributed by atoms with E-state index in [2.05, 4.69) is 4.98 Å². The van der Waals surface area contributed by atoms with Crippen LogP contribution in [0.15, 0.2) is 56.8 Å². The second kappa shape index (κ2) is 11.7. The summed E-state index contributed by atoms with van der Waals surface area (Å²) < 4.78 is 47.9. The number of carbonyl (C=O) groups excluding carboxylic acids is 1. The lowest BCUT2D eigenvalue weighted by atomic mass is 9.94. The second-order valence-corrected chi connectivity index (χ2v) is 13.8. The Labute approximate surface area is 257 Å². The minimum absolute atomic E-state index is 0.0398. The van der Waals surface area contributed by atoms with Crippen LogP contribution in [-0.2, 0) is 26.4 Å². The van der Waals surface area contributed by atoms with Crippen LogP contribution in [0.5, 0.6) is 0 Å². The highest BCUT2D eigenvalue weighted by Crippen LogP contribution is 2.39. The van der Waals surface area contributed by atoms with Gasteiger partial charge < -0.3 is 13.9 Å². The van der Waals surface area contributed by atoms with E-state index < -0.39 is 46.5 Å². The van der Waals surface area contributed by atoms with Crippen LogP contribution in [0.4, 0.5) is 8.78 Å². The molecule has 12 heteroatoms. The Kier molecular flexibility index (Phi) is 8.45. The normalized spacial score (nSPS) is 16.7. The first-order valence-electron chi connectivity index (χ1n) is 14.6. The predicted octanol–water partition coefficient (Wildman–Crippen LogP) is 6.60. The Bertz CT molecular complexity index is 1760. The SMILES string of the molecule is Cc1c(-c2ncco2)sc2c1c(=O)n(C(C)(C)C(=O)OC(C)(C)C)c(=O)n2C[C@H](OC1CCC(F)(F)CC1)c1ccccc1. The Morgan fingerprint density at radius 1 is 1.14 bits per heavy atom.